The lowest BCUT2D eigenvalue weighted by Gasteiger charge is -2.19. The van der Waals surface area contributed by atoms with Gasteiger partial charge in [-0.15, -0.1) is 0 Å². The SMILES string of the molecule is Cc1nccc(C(=O)NCC2CCN(c3ccc(F)cc3F)C2)c1N. The van der Waals surface area contributed by atoms with Gasteiger partial charge >= 0.3 is 0 Å². The molecule has 2 aromatic rings. The number of aromatic nitrogens is 1. The van der Waals surface area contributed by atoms with Gasteiger partial charge in [0.2, 0.25) is 0 Å². The number of rotatable bonds is 4. The van der Waals surface area contributed by atoms with Gasteiger partial charge in [0.15, 0.2) is 0 Å². The number of hydrogen-bond donors (Lipinski definition) is 2. The molecule has 1 unspecified atom stereocenters. The first-order valence-corrected chi connectivity index (χ1v) is 8.15. The van der Waals surface area contributed by atoms with Crippen LogP contribution in [-0.4, -0.2) is 30.5 Å². The minimum atomic E-state index is -0.588. The number of carbonyl (C=O) groups excluding carboxylic acids is 1. The van der Waals surface area contributed by atoms with E-state index in [2.05, 4.69) is 10.3 Å². The van der Waals surface area contributed by atoms with E-state index in [9.17, 15) is 13.6 Å². The number of carbonyl (C=O) groups is 1. The molecule has 132 valence electrons. The van der Waals surface area contributed by atoms with Gasteiger partial charge in [-0.05, 0) is 37.5 Å². The Labute approximate surface area is 144 Å². The standard InChI is InChI=1S/C18H20F2N4O/c1-11-17(21)14(4-6-22-11)18(25)23-9-12-5-7-24(10-12)16-3-2-13(19)8-15(16)20/h2-4,6,8,12H,5,7,9-10,21H2,1H3,(H,23,25). The molecule has 0 radical (unpaired) electrons. The van der Waals surface area contributed by atoms with Crippen LogP contribution in [0.5, 0.6) is 0 Å². The lowest BCUT2D eigenvalue weighted by atomic mass is 10.1. The van der Waals surface area contributed by atoms with Crippen LogP contribution in [-0.2, 0) is 0 Å². The van der Waals surface area contributed by atoms with Crippen molar-refractivity contribution in [2.24, 2.45) is 5.92 Å². The molecule has 0 spiro atoms. The van der Waals surface area contributed by atoms with Crippen LogP contribution in [0.4, 0.5) is 20.2 Å². The van der Waals surface area contributed by atoms with E-state index in [-0.39, 0.29) is 11.8 Å². The van der Waals surface area contributed by atoms with Crippen LogP contribution in [0.2, 0.25) is 0 Å². The Morgan fingerprint density at radius 2 is 2.20 bits per heavy atom. The summed E-state index contributed by atoms with van der Waals surface area (Å²) in [5, 5.41) is 2.88. The third kappa shape index (κ3) is 3.70. The molecule has 1 saturated heterocycles. The maximum absolute atomic E-state index is 13.9. The third-order valence-corrected chi connectivity index (χ3v) is 4.52. The first-order valence-electron chi connectivity index (χ1n) is 8.15. The zero-order valence-corrected chi connectivity index (χ0v) is 13.9. The number of amides is 1. The Balaban J connectivity index is 1.58. The molecule has 1 fully saturated rings. The highest BCUT2D eigenvalue weighted by atomic mass is 19.1. The summed E-state index contributed by atoms with van der Waals surface area (Å²) in [6, 6.07) is 5.18. The van der Waals surface area contributed by atoms with Gasteiger partial charge in [-0.25, -0.2) is 8.78 Å². The van der Waals surface area contributed by atoms with Gasteiger partial charge in [0.1, 0.15) is 11.6 Å². The number of benzene rings is 1. The van der Waals surface area contributed by atoms with Gasteiger partial charge in [0.05, 0.1) is 22.6 Å². The molecule has 2 heterocycles. The van der Waals surface area contributed by atoms with E-state index in [1.165, 1.54) is 12.1 Å². The summed E-state index contributed by atoms with van der Waals surface area (Å²) in [4.78, 5) is 18.2. The Bertz CT molecular complexity index is 797. The van der Waals surface area contributed by atoms with Crippen molar-refractivity contribution in [3.05, 3.63) is 53.4 Å². The summed E-state index contributed by atoms with van der Waals surface area (Å²) in [6.07, 6.45) is 2.37. The van der Waals surface area contributed by atoms with Crippen LogP contribution < -0.4 is 16.0 Å². The van der Waals surface area contributed by atoms with Crippen LogP contribution >= 0.6 is 0 Å². The molecule has 0 bridgehead atoms. The molecular weight excluding hydrogens is 326 g/mol. The van der Waals surface area contributed by atoms with Gasteiger partial charge in [0, 0.05) is 31.9 Å². The zero-order valence-electron chi connectivity index (χ0n) is 13.9. The fraction of sp³-hybridized carbons (Fsp3) is 0.333. The first-order chi connectivity index (χ1) is 12.0. The van der Waals surface area contributed by atoms with Crippen molar-refractivity contribution in [3.8, 4) is 0 Å². The number of nitrogens with zero attached hydrogens (tertiary/aromatic N) is 2. The number of nitrogen functional groups attached to an aromatic ring is 1. The topological polar surface area (TPSA) is 71.2 Å². The van der Waals surface area contributed by atoms with Crippen LogP contribution in [0.25, 0.3) is 0 Å². The highest BCUT2D eigenvalue weighted by Crippen LogP contribution is 2.26. The van der Waals surface area contributed by atoms with E-state index in [4.69, 9.17) is 5.73 Å². The predicted molar refractivity (Wildman–Crippen MR) is 92.4 cm³/mol. The highest BCUT2D eigenvalue weighted by Gasteiger charge is 2.25. The number of nitrogens with two attached hydrogens (primary N) is 1. The lowest BCUT2D eigenvalue weighted by Crippen LogP contribution is -2.31. The average Bonchev–Trinajstić information content (AvgIpc) is 3.04. The van der Waals surface area contributed by atoms with E-state index in [1.807, 2.05) is 4.90 Å². The third-order valence-electron chi connectivity index (χ3n) is 4.52. The van der Waals surface area contributed by atoms with Crippen molar-refractivity contribution in [3.63, 3.8) is 0 Å². The second-order valence-corrected chi connectivity index (χ2v) is 6.26. The van der Waals surface area contributed by atoms with Crippen molar-refractivity contribution in [1.29, 1.82) is 0 Å². The Morgan fingerprint density at radius 3 is 2.96 bits per heavy atom. The Hall–Kier alpha value is -2.70. The van der Waals surface area contributed by atoms with Crippen LogP contribution in [0.1, 0.15) is 22.5 Å². The molecule has 1 aromatic carbocycles. The molecule has 7 heteroatoms. The van der Waals surface area contributed by atoms with Crippen LogP contribution in [0.15, 0.2) is 30.5 Å². The summed E-state index contributed by atoms with van der Waals surface area (Å²) in [7, 11) is 0. The molecule has 1 aliphatic heterocycles. The molecule has 5 nitrogen and oxygen atoms in total. The largest absolute Gasteiger partial charge is 0.397 e. The molecular formula is C18H20F2N4O. The van der Waals surface area contributed by atoms with E-state index in [0.29, 0.717) is 42.3 Å². The number of nitrogens with one attached hydrogen (secondary N) is 1. The van der Waals surface area contributed by atoms with Gasteiger partial charge in [0.25, 0.3) is 5.91 Å². The van der Waals surface area contributed by atoms with Gasteiger partial charge < -0.3 is 16.0 Å². The van der Waals surface area contributed by atoms with E-state index in [1.54, 1.807) is 19.2 Å². The van der Waals surface area contributed by atoms with E-state index < -0.39 is 11.6 Å². The molecule has 1 atom stereocenters. The molecule has 0 aliphatic carbocycles. The first kappa shape index (κ1) is 17.1. The normalized spacial score (nSPS) is 16.9. The second-order valence-electron chi connectivity index (χ2n) is 6.26. The maximum atomic E-state index is 13.9. The summed E-state index contributed by atoms with van der Waals surface area (Å²) in [5.41, 5.74) is 7.69. The lowest BCUT2D eigenvalue weighted by molar-refractivity contribution is 0.0949. The fourth-order valence-corrected chi connectivity index (χ4v) is 3.06. The minimum absolute atomic E-state index is 0.192. The van der Waals surface area contributed by atoms with Crippen molar-refractivity contribution in [1.82, 2.24) is 10.3 Å². The van der Waals surface area contributed by atoms with Crippen molar-refractivity contribution in [2.75, 3.05) is 30.3 Å². The van der Waals surface area contributed by atoms with Gasteiger partial charge in [-0.3, -0.25) is 9.78 Å². The van der Waals surface area contributed by atoms with Crippen molar-refractivity contribution < 1.29 is 13.6 Å². The predicted octanol–water partition coefficient (Wildman–Crippen LogP) is 2.51. The Kier molecular flexibility index (Phi) is 4.83. The number of anilines is 2. The molecule has 1 aliphatic rings. The fourth-order valence-electron chi connectivity index (χ4n) is 3.06. The highest BCUT2D eigenvalue weighted by molar-refractivity contribution is 5.99. The van der Waals surface area contributed by atoms with E-state index >= 15 is 0 Å². The number of aryl methyl sites for hydroxylation is 1. The quantitative estimate of drug-likeness (QED) is 0.892. The molecule has 0 saturated carbocycles. The summed E-state index contributed by atoms with van der Waals surface area (Å²) in [5.74, 6) is -1.20. The number of pyridine rings is 1. The van der Waals surface area contributed by atoms with Gasteiger partial charge in [-0.1, -0.05) is 0 Å². The Morgan fingerprint density at radius 1 is 1.40 bits per heavy atom. The molecule has 3 rings (SSSR count). The second kappa shape index (κ2) is 7.04. The van der Waals surface area contributed by atoms with E-state index in [0.717, 1.165) is 12.5 Å². The molecule has 1 aromatic heterocycles. The maximum Gasteiger partial charge on any atom is 0.253 e. The minimum Gasteiger partial charge on any atom is -0.397 e. The molecule has 25 heavy (non-hydrogen) atoms. The number of hydrogen-bond acceptors (Lipinski definition) is 4. The van der Waals surface area contributed by atoms with Crippen molar-refractivity contribution in [2.45, 2.75) is 13.3 Å². The summed E-state index contributed by atoms with van der Waals surface area (Å²) < 4.78 is 26.9. The van der Waals surface area contributed by atoms with Crippen molar-refractivity contribution >= 4 is 17.3 Å². The molecule has 1 amide bonds. The summed E-state index contributed by atoms with van der Waals surface area (Å²) in [6.45, 7) is 3.49. The smallest absolute Gasteiger partial charge is 0.253 e. The number of halogens is 2. The van der Waals surface area contributed by atoms with Crippen LogP contribution in [0.3, 0.4) is 0 Å². The average molecular weight is 346 g/mol. The zero-order chi connectivity index (χ0) is 18.0. The summed E-state index contributed by atoms with van der Waals surface area (Å²) >= 11 is 0. The monoisotopic (exact) mass is 346 g/mol. The van der Waals surface area contributed by atoms with Gasteiger partial charge in [-0.2, -0.15) is 0 Å². The van der Waals surface area contributed by atoms with Crippen LogP contribution in [0, 0.1) is 24.5 Å². The molecule has 3 N–H and O–H groups in total.